The van der Waals surface area contributed by atoms with E-state index in [0.29, 0.717) is 11.8 Å². The molecule has 2 unspecified atom stereocenters. The molecule has 16 heavy (non-hydrogen) atoms. The number of aryl methyl sites for hydroxylation is 1. The topological polar surface area (TPSA) is 48.1 Å². The van der Waals surface area contributed by atoms with Crippen molar-refractivity contribution < 1.29 is 4.74 Å². The molecule has 1 aromatic heterocycles. The summed E-state index contributed by atoms with van der Waals surface area (Å²) in [5, 5.41) is 0. The van der Waals surface area contributed by atoms with Gasteiger partial charge in [-0.3, -0.25) is 0 Å². The first-order valence-corrected chi connectivity index (χ1v) is 6.06. The normalized spacial score (nSPS) is 24.6. The lowest BCUT2D eigenvalue weighted by Gasteiger charge is -2.17. The molecule has 3 heteroatoms. The lowest BCUT2D eigenvalue weighted by atomic mass is 9.97. The summed E-state index contributed by atoms with van der Waals surface area (Å²) in [5.41, 5.74) is 6.75. The van der Waals surface area contributed by atoms with Gasteiger partial charge in [0.05, 0.1) is 6.61 Å². The van der Waals surface area contributed by atoms with Crippen LogP contribution in [0.2, 0.25) is 0 Å². The van der Waals surface area contributed by atoms with Gasteiger partial charge in [0.2, 0.25) is 5.88 Å². The van der Waals surface area contributed by atoms with Gasteiger partial charge >= 0.3 is 0 Å². The van der Waals surface area contributed by atoms with Crippen molar-refractivity contribution in [2.45, 2.75) is 26.2 Å². The van der Waals surface area contributed by atoms with Gasteiger partial charge in [-0.05, 0) is 44.2 Å². The molecule has 0 radical (unpaired) electrons. The van der Waals surface area contributed by atoms with Crippen molar-refractivity contribution in [1.29, 1.82) is 0 Å². The van der Waals surface area contributed by atoms with Crippen LogP contribution in [0.25, 0.3) is 0 Å². The number of ether oxygens (including phenoxy) is 1. The largest absolute Gasteiger partial charge is 0.477 e. The molecule has 0 spiro atoms. The Labute approximate surface area is 97.0 Å². The van der Waals surface area contributed by atoms with E-state index in [1.807, 2.05) is 25.1 Å². The lowest BCUT2D eigenvalue weighted by Crippen LogP contribution is -2.23. The molecule has 1 heterocycles. The summed E-state index contributed by atoms with van der Waals surface area (Å²) in [6.45, 7) is 3.53. The summed E-state index contributed by atoms with van der Waals surface area (Å²) in [6.07, 6.45) is 3.79. The van der Waals surface area contributed by atoms with E-state index in [0.717, 1.165) is 24.7 Å². The molecule has 1 aliphatic rings. The molecule has 0 amide bonds. The van der Waals surface area contributed by atoms with Gasteiger partial charge in [0.25, 0.3) is 0 Å². The second-order valence-electron chi connectivity index (χ2n) is 4.61. The number of nitrogens with two attached hydrogens (primary N) is 1. The minimum atomic E-state index is 0.618. The Morgan fingerprint density at radius 3 is 2.94 bits per heavy atom. The fraction of sp³-hybridized carbons (Fsp3) is 0.615. The molecule has 2 atom stereocenters. The molecule has 1 fully saturated rings. The van der Waals surface area contributed by atoms with Gasteiger partial charge in [0, 0.05) is 11.8 Å². The van der Waals surface area contributed by atoms with Crippen LogP contribution in [0, 0.1) is 18.8 Å². The number of pyridine rings is 1. The van der Waals surface area contributed by atoms with Gasteiger partial charge in [-0.1, -0.05) is 12.5 Å². The van der Waals surface area contributed by atoms with Crippen molar-refractivity contribution in [2.75, 3.05) is 13.2 Å². The van der Waals surface area contributed by atoms with E-state index in [1.54, 1.807) is 0 Å². The van der Waals surface area contributed by atoms with Crippen LogP contribution >= 0.6 is 0 Å². The summed E-state index contributed by atoms with van der Waals surface area (Å²) >= 11 is 0. The van der Waals surface area contributed by atoms with Crippen LogP contribution in [0.1, 0.15) is 25.0 Å². The molecular weight excluding hydrogens is 200 g/mol. The van der Waals surface area contributed by atoms with Gasteiger partial charge in [-0.15, -0.1) is 0 Å². The third kappa shape index (κ3) is 2.73. The molecule has 2 rings (SSSR count). The Morgan fingerprint density at radius 2 is 2.19 bits per heavy atom. The van der Waals surface area contributed by atoms with Crippen LogP contribution in [0.15, 0.2) is 18.2 Å². The minimum absolute atomic E-state index is 0.618. The molecule has 1 aliphatic carbocycles. The Hall–Kier alpha value is -1.09. The van der Waals surface area contributed by atoms with Crippen LogP contribution in [0.4, 0.5) is 0 Å². The van der Waals surface area contributed by atoms with Gasteiger partial charge in [-0.25, -0.2) is 4.98 Å². The fourth-order valence-corrected chi connectivity index (χ4v) is 2.43. The maximum absolute atomic E-state index is 5.75. The molecule has 0 aromatic carbocycles. The Balaban J connectivity index is 1.87. The Bertz CT molecular complexity index is 340. The molecule has 3 nitrogen and oxygen atoms in total. The highest BCUT2D eigenvalue weighted by atomic mass is 16.5. The number of rotatable bonds is 4. The third-order valence-corrected chi connectivity index (χ3v) is 3.43. The molecular formula is C13H20N2O. The number of hydrogen-bond donors (Lipinski definition) is 1. The first-order valence-electron chi connectivity index (χ1n) is 6.06. The highest BCUT2D eigenvalue weighted by molar-refractivity contribution is 5.14. The average molecular weight is 220 g/mol. The molecule has 2 N–H and O–H groups in total. The van der Waals surface area contributed by atoms with E-state index >= 15 is 0 Å². The maximum Gasteiger partial charge on any atom is 0.213 e. The summed E-state index contributed by atoms with van der Waals surface area (Å²) in [6, 6.07) is 5.87. The summed E-state index contributed by atoms with van der Waals surface area (Å²) in [4.78, 5) is 4.33. The van der Waals surface area contributed by atoms with E-state index < -0.39 is 0 Å². The fourth-order valence-electron chi connectivity index (χ4n) is 2.43. The van der Waals surface area contributed by atoms with E-state index in [2.05, 4.69) is 4.98 Å². The third-order valence-electron chi connectivity index (χ3n) is 3.43. The van der Waals surface area contributed by atoms with Gasteiger partial charge in [0.15, 0.2) is 0 Å². The van der Waals surface area contributed by atoms with Crippen LogP contribution in [-0.2, 0) is 0 Å². The predicted octanol–water partition coefficient (Wildman–Crippen LogP) is 2.14. The quantitative estimate of drug-likeness (QED) is 0.845. The molecule has 88 valence electrons. The van der Waals surface area contributed by atoms with Crippen molar-refractivity contribution in [3.05, 3.63) is 23.9 Å². The summed E-state index contributed by atoms with van der Waals surface area (Å²) in [5.74, 6) is 2.00. The van der Waals surface area contributed by atoms with Crippen molar-refractivity contribution in [3.63, 3.8) is 0 Å². The van der Waals surface area contributed by atoms with Gasteiger partial charge in [-0.2, -0.15) is 0 Å². The van der Waals surface area contributed by atoms with Crippen molar-refractivity contribution >= 4 is 0 Å². The van der Waals surface area contributed by atoms with E-state index in [9.17, 15) is 0 Å². The first kappa shape index (κ1) is 11.4. The standard InChI is InChI=1S/C13H20N2O/c1-10-4-2-7-13(15-10)16-9-12-6-3-5-11(12)8-14/h2,4,7,11-12H,3,5-6,8-9,14H2,1H3. The lowest BCUT2D eigenvalue weighted by molar-refractivity contribution is 0.210. The smallest absolute Gasteiger partial charge is 0.213 e. The van der Waals surface area contributed by atoms with E-state index in [4.69, 9.17) is 10.5 Å². The molecule has 0 saturated heterocycles. The summed E-state index contributed by atoms with van der Waals surface area (Å²) < 4.78 is 5.74. The summed E-state index contributed by atoms with van der Waals surface area (Å²) in [7, 11) is 0. The molecule has 0 bridgehead atoms. The van der Waals surface area contributed by atoms with E-state index in [-0.39, 0.29) is 0 Å². The monoisotopic (exact) mass is 220 g/mol. The highest BCUT2D eigenvalue weighted by Crippen LogP contribution is 2.31. The van der Waals surface area contributed by atoms with Crippen molar-refractivity contribution in [1.82, 2.24) is 4.98 Å². The van der Waals surface area contributed by atoms with Crippen molar-refractivity contribution in [3.8, 4) is 5.88 Å². The SMILES string of the molecule is Cc1cccc(OCC2CCCC2CN)n1. The van der Waals surface area contributed by atoms with Crippen LogP contribution < -0.4 is 10.5 Å². The molecule has 1 aromatic rings. The predicted molar refractivity (Wildman–Crippen MR) is 64.4 cm³/mol. The average Bonchev–Trinajstić information content (AvgIpc) is 2.74. The van der Waals surface area contributed by atoms with Gasteiger partial charge < -0.3 is 10.5 Å². The number of hydrogen-bond acceptors (Lipinski definition) is 3. The zero-order valence-electron chi connectivity index (χ0n) is 9.86. The first-order chi connectivity index (χ1) is 7.79. The molecule has 1 saturated carbocycles. The van der Waals surface area contributed by atoms with Crippen LogP contribution in [0.3, 0.4) is 0 Å². The zero-order valence-corrected chi connectivity index (χ0v) is 9.86. The Morgan fingerprint density at radius 1 is 1.38 bits per heavy atom. The second-order valence-corrected chi connectivity index (χ2v) is 4.61. The van der Waals surface area contributed by atoms with Crippen LogP contribution in [-0.4, -0.2) is 18.1 Å². The molecule has 0 aliphatic heterocycles. The Kier molecular flexibility index (Phi) is 3.78. The van der Waals surface area contributed by atoms with Gasteiger partial charge in [0.1, 0.15) is 0 Å². The highest BCUT2D eigenvalue weighted by Gasteiger charge is 2.26. The number of aromatic nitrogens is 1. The second kappa shape index (κ2) is 5.30. The zero-order chi connectivity index (χ0) is 11.4. The number of nitrogens with zero attached hydrogens (tertiary/aromatic N) is 1. The maximum atomic E-state index is 5.75. The van der Waals surface area contributed by atoms with Crippen LogP contribution in [0.5, 0.6) is 5.88 Å². The van der Waals surface area contributed by atoms with E-state index in [1.165, 1.54) is 19.3 Å². The minimum Gasteiger partial charge on any atom is -0.477 e. The van der Waals surface area contributed by atoms with Crippen molar-refractivity contribution in [2.24, 2.45) is 17.6 Å².